The number of ketones is 4. The Morgan fingerprint density at radius 3 is 2.31 bits per heavy atom. The molecular weight excluding hydrogens is 380 g/mol. The van der Waals surface area contributed by atoms with E-state index in [0.29, 0.717) is 0 Å². The topological polar surface area (TPSA) is 135 Å². The highest BCUT2D eigenvalue weighted by molar-refractivity contribution is 6.31. The monoisotopic (exact) mass is 396 g/mol. The Kier molecular flexibility index (Phi) is 5.02. The van der Waals surface area contributed by atoms with Crippen LogP contribution in [0, 0.1) is 0 Å². The van der Waals surface area contributed by atoms with E-state index < -0.39 is 64.6 Å². The first kappa shape index (κ1) is 19.9. The lowest BCUT2D eigenvalue weighted by atomic mass is 9.79. The number of ether oxygens (including phenoxy) is 1. The minimum absolute atomic E-state index is 0.0379. The summed E-state index contributed by atoms with van der Waals surface area (Å²) in [5, 5.41) is 20.8. The Balaban J connectivity index is 2.31. The Labute approximate surface area is 164 Å². The van der Waals surface area contributed by atoms with Crippen molar-refractivity contribution in [1.29, 1.82) is 0 Å². The number of fused-ring (bicyclic) bond motifs is 2. The third-order valence-corrected chi connectivity index (χ3v) is 4.62. The highest BCUT2D eigenvalue weighted by Crippen LogP contribution is 2.40. The summed E-state index contributed by atoms with van der Waals surface area (Å²) in [5.74, 6) is -4.78. The molecule has 3 rings (SSSR count). The molecule has 0 radical (unpaired) electrons. The van der Waals surface area contributed by atoms with Crippen LogP contribution in [0.3, 0.4) is 0 Å². The number of rotatable bonds is 5. The number of Topliss-reactive ketones (excluding diaryl/α,β-unsaturated/α-hetero) is 2. The van der Waals surface area contributed by atoms with Gasteiger partial charge in [0.05, 0.1) is 36.6 Å². The lowest BCUT2D eigenvalue weighted by Gasteiger charge is -2.22. The van der Waals surface area contributed by atoms with Crippen LogP contribution in [0.4, 0.5) is 0 Å². The van der Waals surface area contributed by atoms with Crippen molar-refractivity contribution in [2.24, 2.45) is 0 Å². The van der Waals surface area contributed by atoms with Gasteiger partial charge in [0.25, 0.3) is 0 Å². The number of hydrogen-bond acceptors (Lipinski definition) is 8. The van der Waals surface area contributed by atoms with Crippen molar-refractivity contribution < 1.29 is 38.9 Å². The fourth-order valence-corrected chi connectivity index (χ4v) is 3.36. The maximum Gasteiger partial charge on any atom is 0.310 e. The van der Waals surface area contributed by atoms with Crippen molar-refractivity contribution in [3.8, 4) is 11.5 Å². The molecule has 2 N–H and O–H groups in total. The molecule has 0 bridgehead atoms. The maximum absolute atomic E-state index is 12.9. The van der Waals surface area contributed by atoms with E-state index in [1.165, 1.54) is 31.2 Å². The van der Waals surface area contributed by atoms with Gasteiger partial charge in [-0.25, -0.2) is 0 Å². The van der Waals surface area contributed by atoms with Gasteiger partial charge in [0.1, 0.15) is 17.3 Å². The van der Waals surface area contributed by atoms with E-state index in [-0.39, 0.29) is 22.3 Å². The van der Waals surface area contributed by atoms with Crippen LogP contribution in [0.15, 0.2) is 24.3 Å². The zero-order valence-electron chi connectivity index (χ0n) is 15.6. The average molecular weight is 396 g/mol. The summed E-state index contributed by atoms with van der Waals surface area (Å²) in [6.45, 7) is 1.18. The maximum atomic E-state index is 12.9. The predicted octanol–water partition coefficient (Wildman–Crippen LogP) is 1.75. The molecule has 2 aromatic rings. The van der Waals surface area contributed by atoms with Gasteiger partial charge in [-0.05, 0) is 24.6 Å². The van der Waals surface area contributed by atoms with E-state index >= 15 is 0 Å². The Morgan fingerprint density at radius 2 is 1.69 bits per heavy atom. The van der Waals surface area contributed by atoms with Crippen LogP contribution in [-0.4, -0.2) is 46.4 Å². The molecule has 8 nitrogen and oxygen atoms in total. The van der Waals surface area contributed by atoms with Gasteiger partial charge in [-0.1, -0.05) is 12.1 Å². The quantitative estimate of drug-likeness (QED) is 0.378. The molecule has 0 atom stereocenters. The van der Waals surface area contributed by atoms with E-state index in [4.69, 9.17) is 0 Å². The molecule has 0 saturated carbocycles. The summed E-state index contributed by atoms with van der Waals surface area (Å²) in [7, 11) is 1.13. The van der Waals surface area contributed by atoms with Gasteiger partial charge in [-0.3, -0.25) is 24.0 Å². The summed E-state index contributed by atoms with van der Waals surface area (Å²) in [4.78, 5) is 61.6. The van der Waals surface area contributed by atoms with Gasteiger partial charge in [-0.2, -0.15) is 0 Å². The Hall–Kier alpha value is -3.81. The molecule has 0 aromatic heterocycles. The number of methoxy groups -OCH3 is 1. The van der Waals surface area contributed by atoms with Crippen LogP contribution in [-0.2, 0) is 20.7 Å². The summed E-state index contributed by atoms with van der Waals surface area (Å²) < 4.78 is 4.59. The van der Waals surface area contributed by atoms with Crippen molar-refractivity contribution in [1.82, 2.24) is 0 Å². The molecular formula is C21H16O8. The van der Waals surface area contributed by atoms with Gasteiger partial charge in [-0.15, -0.1) is 0 Å². The lowest BCUT2D eigenvalue weighted by molar-refractivity contribution is -0.139. The summed E-state index contributed by atoms with van der Waals surface area (Å²) in [6, 6.07) is 5.14. The smallest absolute Gasteiger partial charge is 0.310 e. The Morgan fingerprint density at radius 1 is 1.00 bits per heavy atom. The molecule has 29 heavy (non-hydrogen) atoms. The SMILES string of the molecule is COC(=O)Cc1cc2c(c(O)c1C(=O)CC(C)=O)C(=O)c1c(O)cccc1C2=O. The number of hydrogen-bond donors (Lipinski definition) is 2. The van der Waals surface area contributed by atoms with Crippen LogP contribution in [0.25, 0.3) is 0 Å². The molecule has 148 valence electrons. The van der Waals surface area contributed by atoms with E-state index in [1.54, 1.807) is 0 Å². The molecule has 0 spiro atoms. The standard InChI is InChI=1S/C21H16O8/c1-9(22)6-14(24)16-10(8-15(25)29-2)7-12-18(20(16)27)21(28)17-11(19(12)26)4-3-5-13(17)23/h3-5,7,23,27H,6,8H2,1-2H3. The van der Waals surface area contributed by atoms with Crippen molar-refractivity contribution in [2.75, 3.05) is 7.11 Å². The fourth-order valence-electron chi connectivity index (χ4n) is 3.36. The van der Waals surface area contributed by atoms with Gasteiger partial charge in [0.15, 0.2) is 11.6 Å². The largest absolute Gasteiger partial charge is 0.507 e. The van der Waals surface area contributed by atoms with E-state index in [2.05, 4.69) is 4.74 Å². The molecule has 8 heteroatoms. The number of esters is 1. The number of carbonyl (C=O) groups is 5. The van der Waals surface area contributed by atoms with Crippen molar-refractivity contribution in [3.63, 3.8) is 0 Å². The zero-order valence-corrected chi connectivity index (χ0v) is 15.6. The minimum Gasteiger partial charge on any atom is -0.507 e. The second kappa shape index (κ2) is 7.31. The molecule has 0 saturated heterocycles. The van der Waals surface area contributed by atoms with Crippen molar-refractivity contribution in [3.05, 3.63) is 57.6 Å². The summed E-state index contributed by atoms with van der Waals surface area (Å²) in [6.07, 6.45) is -1.02. The summed E-state index contributed by atoms with van der Waals surface area (Å²) >= 11 is 0. The number of phenolic OH excluding ortho intramolecular Hbond substituents is 2. The van der Waals surface area contributed by atoms with Gasteiger partial charge >= 0.3 is 5.97 Å². The first-order valence-electron chi connectivity index (χ1n) is 8.57. The second-order valence-electron chi connectivity index (χ2n) is 6.59. The fraction of sp³-hybridized carbons (Fsp3) is 0.190. The van der Waals surface area contributed by atoms with Crippen molar-refractivity contribution >= 4 is 29.1 Å². The third kappa shape index (κ3) is 3.29. The molecule has 0 amide bonds. The number of benzene rings is 2. The zero-order chi connectivity index (χ0) is 21.5. The molecule has 0 aliphatic heterocycles. The second-order valence-corrected chi connectivity index (χ2v) is 6.59. The summed E-state index contributed by atoms with van der Waals surface area (Å²) in [5.41, 5.74) is -1.44. The molecule has 0 heterocycles. The van der Waals surface area contributed by atoms with Gasteiger partial charge < -0.3 is 14.9 Å². The van der Waals surface area contributed by atoms with E-state index in [0.717, 1.165) is 7.11 Å². The average Bonchev–Trinajstić information content (AvgIpc) is 2.64. The van der Waals surface area contributed by atoms with Crippen LogP contribution >= 0.6 is 0 Å². The molecule has 2 aromatic carbocycles. The highest BCUT2D eigenvalue weighted by atomic mass is 16.5. The van der Waals surface area contributed by atoms with Gasteiger partial charge in [0.2, 0.25) is 5.78 Å². The van der Waals surface area contributed by atoms with Crippen LogP contribution < -0.4 is 0 Å². The number of carbonyl (C=O) groups excluding carboxylic acids is 5. The number of phenols is 2. The minimum atomic E-state index is -0.841. The van der Waals surface area contributed by atoms with E-state index in [9.17, 15) is 34.2 Å². The predicted molar refractivity (Wildman–Crippen MR) is 98.4 cm³/mol. The first-order chi connectivity index (χ1) is 13.7. The Bertz CT molecular complexity index is 1110. The molecule has 0 unspecified atom stereocenters. The van der Waals surface area contributed by atoms with Crippen LogP contribution in [0.2, 0.25) is 0 Å². The van der Waals surface area contributed by atoms with Crippen LogP contribution in [0.1, 0.15) is 61.1 Å². The normalized spacial score (nSPS) is 12.2. The number of aromatic hydroxyl groups is 2. The van der Waals surface area contributed by atoms with Gasteiger partial charge in [0, 0.05) is 11.1 Å². The lowest BCUT2D eigenvalue weighted by Crippen LogP contribution is -2.24. The molecule has 1 aliphatic rings. The van der Waals surface area contributed by atoms with Crippen molar-refractivity contribution in [2.45, 2.75) is 19.8 Å². The molecule has 0 fully saturated rings. The molecule has 1 aliphatic carbocycles. The van der Waals surface area contributed by atoms with Crippen LogP contribution in [0.5, 0.6) is 11.5 Å². The van der Waals surface area contributed by atoms with E-state index in [1.807, 2.05) is 0 Å². The first-order valence-corrected chi connectivity index (χ1v) is 8.57. The third-order valence-electron chi connectivity index (χ3n) is 4.62. The highest BCUT2D eigenvalue weighted by Gasteiger charge is 2.37.